The average Bonchev–Trinajstić information content (AvgIpc) is 2.33. The van der Waals surface area contributed by atoms with Crippen LogP contribution in [-0.2, 0) is 0 Å². The smallest absolute Gasteiger partial charge is 0.0851 e. The van der Waals surface area contributed by atoms with Gasteiger partial charge in [-0.2, -0.15) is 4.37 Å². The lowest BCUT2D eigenvalue weighted by Crippen LogP contribution is -1.65. The van der Waals surface area contributed by atoms with Crippen molar-refractivity contribution in [1.82, 2.24) is 4.37 Å². The lowest BCUT2D eigenvalue weighted by atomic mass is 10.3. The Balaban J connectivity index is 2.86. The van der Waals surface area contributed by atoms with Crippen molar-refractivity contribution in [1.29, 1.82) is 0 Å². The zero-order valence-electron chi connectivity index (χ0n) is 5.04. The third-order valence-electron chi connectivity index (χ3n) is 1.32. The summed E-state index contributed by atoms with van der Waals surface area (Å²) in [7, 11) is 0. The number of benzene rings is 1. The second-order valence-corrected chi connectivity index (χ2v) is 3.56. The Hall–Kier alpha value is -0.410. The van der Waals surface area contributed by atoms with E-state index in [1.165, 1.54) is 16.9 Å². The number of rotatable bonds is 0. The summed E-state index contributed by atoms with van der Waals surface area (Å²) in [5.41, 5.74) is 1.07. The molecule has 1 aromatic heterocycles. The van der Waals surface area contributed by atoms with Crippen LogP contribution in [0.15, 0.2) is 28.1 Å². The number of aromatic nitrogens is 1. The highest BCUT2D eigenvalue weighted by atomic mass is 79.9. The van der Waals surface area contributed by atoms with Crippen molar-refractivity contribution in [2.45, 2.75) is 0 Å². The molecule has 0 saturated carbocycles. The highest BCUT2D eigenvalue weighted by molar-refractivity contribution is 9.10. The molecule has 1 nitrogen and oxygen atoms in total. The van der Waals surface area contributed by atoms with Crippen molar-refractivity contribution in [2.24, 2.45) is 0 Å². The lowest BCUT2D eigenvalue weighted by Gasteiger charge is -1.87. The Morgan fingerprint density at radius 1 is 1.40 bits per heavy atom. The summed E-state index contributed by atoms with van der Waals surface area (Å²) in [6.07, 6.45) is 0. The van der Waals surface area contributed by atoms with Gasteiger partial charge in [0.2, 0.25) is 0 Å². The third-order valence-corrected chi connectivity index (χ3v) is 2.48. The molecule has 0 saturated heterocycles. The zero-order valence-corrected chi connectivity index (χ0v) is 7.45. The van der Waals surface area contributed by atoms with Crippen LogP contribution in [0.4, 0.5) is 0 Å². The molecule has 0 aliphatic heterocycles. The summed E-state index contributed by atoms with van der Waals surface area (Å²) >= 11 is 4.87. The van der Waals surface area contributed by atoms with Crippen LogP contribution in [0.25, 0.3) is 10.9 Å². The van der Waals surface area contributed by atoms with E-state index < -0.39 is 0 Å². The number of nitrogens with zero attached hydrogens (tertiary/aromatic N) is 1. The Bertz CT molecular complexity index is 355. The summed E-state index contributed by atoms with van der Waals surface area (Å²) in [6.45, 7) is 0. The fourth-order valence-corrected chi connectivity index (χ4v) is 1.82. The maximum Gasteiger partial charge on any atom is 0.0851 e. The largest absolute Gasteiger partial charge is 0.193 e. The van der Waals surface area contributed by atoms with Gasteiger partial charge in [0.05, 0.1) is 5.52 Å². The Kier molecular flexibility index (Phi) is 1.47. The standard InChI is InChI=1S/C7H4BrNS/c8-6-2-1-5-4-10-9-7(5)3-6/h1-4H. The van der Waals surface area contributed by atoms with Crippen molar-refractivity contribution in [2.75, 3.05) is 0 Å². The van der Waals surface area contributed by atoms with Crippen LogP contribution in [0.3, 0.4) is 0 Å². The molecule has 0 atom stereocenters. The molecule has 50 valence electrons. The fourth-order valence-electron chi connectivity index (χ4n) is 0.835. The predicted octanol–water partition coefficient (Wildman–Crippen LogP) is 3.06. The molecule has 0 amide bonds. The molecule has 0 fully saturated rings. The van der Waals surface area contributed by atoms with Crippen LogP contribution in [-0.4, -0.2) is 4.37 Å². The molecule has 0 bridgehead atoms. The van der Waals surface area contributed by atoms with Crippen molar-refractivity contribution in [3.05, 3.63) is 28.1 Å². The molecule has 3 heteroatoms. The predicted molar refractivity (Wildman–Crippen MR) is 47.3 cm³/mol. The topological polar surface area (TPSA) is 12.9 Å². The van der Waals surface area contributed by atoms with Gasteiger partial charge in [-0.05, 0) is 23.7 Å². The first-order valence-electron chi connectivity index (χ1n) is 2.86. The van der Waals surface area contributed by atoms with E-state index >= 15 is 0 Å². The molecule has 2 rings (SSSR count). The van der Waals surface area contributed by atoms with Crippen molar-refractivity contribution >= 4 is 38.4 Å². The molecular weight excluding hydrogens is 210 g/mol. The van der Waals surface area contributed by atoms with Gasteiger partial charge in [0.1, 0.15) is 0 Å². The van der Waals surface area contributed by atoms with E-state index in [4.69, 9.17) is 0 Å². The first kappa shape index (κ1) is 6.31. The molecular formula is C7H4BrNS. The van der Waals surface area contributed by atoms with Gasteiger partial charge in [0.15, 0.2) is 0 Å². The number of fused-ring (bicyclic) bond motifs is 1. The average molecular weight is 214 g/mol. The van der Waals surface area contributed by atoms with E-state index in [2.05, 4.69) is 26.4 Å². The van der Waals surface area contributed by atoms with Gasteiger partial charge in [-0.25, -0.2) is 0 Å². The highest BCUT2D eigenvalue weighted by Crippen LogP contribution is 2.19. The molecule has 0 spiro atoms. The molecule has 10 heavy (non-hydrogen) atoms. The summed E-state index contributed by atoms with van der Waals surface area (Å²) in [6, 6.07) is 6.10. The fraction of sp³-hybridized carbons (Fsp3) is 0. The molecule has 1 heterocycles. The molecule has 0 aliphatic carbocycles. The van der Waals surface area contributed by atoms with Crippen LogP contribution >= 0.6 is 27.5 Å². The van der Waals surface area contributed by atoms with E-state index in [1.807, 2.05) is 17.5 Å². The van der Waals surface area contributed by atoms with Crippen molar-refractivity contribution in [3.8, 4) is 0 Å². The Morgan fingerprint density at radius 3 is 3.20 bits per heavy atom. The minimum Gasteiger partial charge on any atom is -0.193 e. The van der Waals surface area contributed by atoms with E-state index in [0.29, 0.717) is 0 Å². The molecule has 0 unspecified atom stereocenters. The Labute approximate surface area is 71.0 Å². The normalized spacial score (nSPS) is 10.5. The lowest BCUT2D eigenvalue weighted by molar-refractivity contribution is 1.64. The summed E-state index contributed by atoms with van der Waals surface area (Å²) in [5, 5.41) is 3.26. The van der Waals surface area contributed by atoms with Gasteiger partial charge >= 0.3 is 0 Å². The van der Waals surface area contributed by atoms with E-state index in [1.54, 1.807) is 0 Å². The second-order valence-electron chi connectivity index (χ2n) is 2.02. The Morgan fingerprint density at radius 2 is 2.30 bits per heavy atom. The van der Waals surface area contributed by atoms with Crippen LogP contribution in [0, 0.1) is 0 Å². The highest BCUT2D eigenvalue weighted by Gasteiger charge is 1.94. The van der Waals surface area contributed by atoms with Crippen molar-refractivity contribution in [3.63, 3.8) is 0 Å². The van der Waals surface area contributed by atoms with E-state index in [-0.39, 0.29) is 0 Å². The van der Waals surface area contributed by atoms with Crippen LogP contribution in [0.5, 0.6) is 0 Å². The first-order valence-corrected chi connectivity index (χ1v) is 4.49. The molecule has 1 aromatic carbocycles. The molecule has 0 radical (unpaired) electrons. The van der Waals surface area contributed by atoms with Gasteiger partial charge in [-0.15, -0.1) is 0 Å². The minimum absolute atomic E-state index is 1.07. The summed E-state index contributed by atoms with van der Waals surface area (Å²) in [4.78, 5) is 0. The first-order chi connectivity index (χ1) is 4.86. The quantitative estimate of drug-likeness (QED) is 0.656. The van der Waals surface area contributed by atoms with Crippen LogP contribution in [0.2, 0.25) is 0 Å². The van der Waals surface area contributed by atoms with E-state index in [9.17, 15) is 0 Å². The van der Waals surface area contributed by atoms with Gasteiger partial charge in [-0.1, -0.05) is 22.0 Å². The van der Waals surface area contributed by atoms with Gasteiger partial charge in [-0.3, -0.25) is 0 Å². The summed E-state index contributed by atoms with van der Waals surface area (Å²) < 4.78 is 5.28. The van der Waals surface area contributed by atoms with Gasteiger partial charge in [0, 0.05) is 15.2 Å². The molecule has 0 aliphatic rings. The maximum absolute atomic E-state index is 4.19. The van der Waals surface area contributed by atoms with E-state index in [0.717, 1.165) is 9.99 Å². The van der Waals surface area contributed by atoms with Crippen molar-refractivity contribution < 1.29 is 0 Å². The molecule has 2 aromatic rings. The number of hydrogen-bond donors (Lipinski definition) is 0. The SMILES string of the molecule is Brc1ccc2csnc2c1. The van der Waals surface area contributed by atoms with Gasteiger partial charge < -0.3 is 0 Å². The monoisotopic (exact) mass is 213 g/mol. The maximum atomic E-state index is 4.19. The molecule has 0 N–H and O–H groups in total. The minimum atomic E-state index is 1.07. The van der Waals surface area contributed by atoms with Crippen LogP contribution < -0.4 is 0 Å². The second kappa shape index (κ2) is 2.32. The summed E-state index contributed by atoms with van der Waals surface area (Å²) in [5.74, 6) is 0. The van der Waals surface area contributed by atoms with Gasteiger partial charge in [0.25, 0.3) is 0 Å². The third kappa shape index (κ3) is 0.954. The number of hydrogen-bond acceptors (Lipinski definition) is 2. The van der Waals surface area contributed by atoms with Crippen LogP contribution in [0.1, 0.15) is 0 Å². The zero-order chi connectivity index (χ0) is 6.97. The number of halogens is 1.